The molecular formula is C13H20N2O2S. The van der Waals surface area contributed by atoms with Crippen molar-refractivity contribution in [2.24, 2.45) is 0 Å². The molecule has 18 heavy (non-hydrogen) atoms. The van der Waals surface area contributed by atoms with Gasteiger partial charge < -0.3 is 9.73 Å². The summed E-state index contributed by atoms with van der Waals surface area (Å²) < 4.78 is 5.43. The zero-order valence-electron chi connectivity index (χ0n) is 11.0. The summed E-state index contributed by atoms with van der Waals surface area (Å²) in [7, 11) is 0. The van der Waals surface area contributed by atoms with Crippen LogP contribution in [0.3, 0.4) is 0 Å². The van der Waals surface area contributed by atoms with Gasteiger partial charge in [0.2, 0.25) is 5.91 Å². The first-order valence-electron chi connectivity index (χ1n) is 6.51. The van der Waals surface area contributed by atoms with Gasteiger partial charge in [0.05, 0.1) is 11.4 Å². The zero-order chi connectivity index (χ0) is 13.0. The second kappa shape index (κ2) is 6.27. The van der Waals surface area contributed by atoms with Crippen LogP contribution in [0.2, 0.25) is 0 Å². The maximum atomic E-state index is 11.8. The minimum atomic E-state index is 0.0837. The number of hydrogen-bond donors (Lipinski definition) is 1. The zero-order valence-corrected chi connectivity index (χ0v) is 11.8. The fourth-order valence-electron chi connectivity index (χ4n) is 2.15. The van der Waals surface area contributed by atoms with Crippen molar-refractivity contribution >= 4 is 17.7 Å². The summed E-state index contributed by atoms with van der Waals surface area (Å²) in [5.74, 6) is 1.29. The molecule has 2 rings (SSSR count). The Kier molecular flexibility index (Phi) is 4.69. The van der Waals surface area contributed by atoms with Crippen molar-refractivity contribution in [2.75, 3.05) is 5.75 Å². The van der Waals surface area contributed by atoms with Crippen LogP contribution in [0.1, 0.15) is 43.6 Å². The van der Waals surface area contributed by atoms with Crippen LogP contribution in [0, 0.1) is 13.8 Å². The number of thioether (sulfide) groups is 1. The van der Waals surface area contributed by atoms with Crippen LogP contribution in [0.5, 0.6) is 0 Å². The van der Waals surface area contributed by atoms with Gasteiger partial charge in [0.15, 0.2) is 0 Å². The predicted molar refractivity (Wildman–Crippen MR) is 71.7 cm³/mol. The van der Waals surface area contributed by atoms with Gasteiger partial charge in [-0.3, -0.25) is 4.79 Å². The van der Waals surface area contributed by atoms with Gasteiger partial charge in [0.25, 0.3) is 5.22 Å². The van der Waals surface area contributed by atoms with Crippen LogP contribution in [0.4, 0.5) is 0 Å². The summed E-state index contributed by atoms with van der Waals surface area (Å²) in [6, 6.07) is 0.375. The fraction of sp³-hybridized carbons (Fsp3) is 0.692. The van der Waals surface area contributed by atoms with Gasteiger partial charge in [0, 0.05) is 6.04 Å². The Bertz CT molecular complexity index is 392. The second-order valence-corrected chi connectivity index (χ2v) is 5.74. The highest BCUT2D eigenvalue weighted by molar-refractivity contribution is 7.99. The smallest absolute Gasteiger partial charge is 0.256 e. The lowest BCUT2D eigenvalue weighted by Gasteiger charge is -2.22. The highest BCUT2D eigenvalue weighted by Crippen LogP contribution is 2.21. The van der Waals surface area contributed by atoms with E-state index < -0.39 is 0 Å². The van der Waals surface area contributed by atoms with Crippen LogP contribution in [-0.2, 0) is 4.79 Å². The van der Waals surface area contributed by atoms with Crippen LogP contribution < -0.4 is 5.32 Å². The largest absolute Gasteiger partial charge is 0.437 e. The van der Waals surface area contributed by atoms with Crippen molar-refractivity contribution in [3.63, 3.8) is 0 Å². The molecule has 0 spiro atoms. The van der Waals surface area contributed by atoms with E-state index in [1.807, 2.05) is 13.8 Å². The van der Waals surface area contributed by atoms with Gasteiger partial charge in [-0.1, -0.05) is 31.0 Å². The van der Waals surface area contributed by atoms with E-state index in [0.717, 1.165) is 24.3 Å². The lowest BCUT2D eigenvalue weighted by Crippen LogP contribution is -2.37. The molecule has 4 nitrogen and oxygen atoms in total. The number of aryl methyl sites for hydroxylation is 2. The molecule has 1 aliphatic rings. The van der Waals surface area contributed by atoms with Crippen LogP contribution in [0.25, 0.3) is 0 Å². The first-order valence-corrected chi connectivity index (χ1v) is 7.50. The van der Waals surface area contributed by atoms with Gasteiger partial charge in [-0.05, 0) is 26.7 Å². The highest BCUT2D eigenvalue weighted by Gasteiger charge is 2.16. The Balaban J connectivity index is 1.74. The Hall–Kier alpha value is -0.970. The predicted octanol–water partition coefficient (Wildman–Crippen LogP) is 2.83. The third-order valence-corrected chi connectivity index (χ3v) is 4.13. The van der Waals surface area contributed by atoms with E-state index in [1.54, 1.807) is 0 Å². The molecule has 0 aliphatic heterocycles. The molecule has 1 aromatic rings. The number of carbonyl (C=O) groups excluding carboxylic acids is 1. The molecule has 5 heteroatoms. The lowest BCUT2D eigenvalue weighted by atomic mass is 9.95. The van der Waals surface area contributed by atoms with Gasteiger partial charge in [-0.25, -0.2) is 4.98 Å². The molecule has 0 bridgehead atoms. The second-order valence-electron chi connectivity index (χ2n) is 4.81. The molecule has 1 amide bonds. The first kappa shape index (κ1) is 13.5. The SMILES string of the molecule is Cc1nc(SCC(=O)NC2CCCCC2)oc1C. The van der Waals surface area contributed by atoms with Crippen LogP contribution in [-0.4, -0.2) is 22.7 Å². The van der Waals surface area contributed by atoms with Crippen LogP contribution >= 0.6 is 11.8 Å². The number of rotatable bonds is 4. The number of carbonyl (C=O) groups is 1. The Morgan fingerprint density at radius 2 is 2.11 bits per heavy atom. The van der Waals surface area contributed by atoms with E-state index in [9.17, 15) is 4.79 Å². The third kappa shape index (κ3) is 3.77. The van der Waals surface area contributed by atoms with Crippen molar-refractivity contribution in [3.05, 3.63) is 11.5 Å². The van der Waals surface area contributed by atoms with Gasteiger partial charge in [0.1, 0.15) is 5.76 Å². The topological polar surface area (TPSA) is 55.1 Å². The number of hydrogen-bond acceptors (Lipinski definition) is 4. The molecule has 1 aliphatic carbocycles. The maximum Gasteiger partial charge on any atom is 0.256 e. The number of aromatic nitrogens is 1. The Labute approximate surface area is 112 Å². The van der Waals surface area contributed by atoms with Crippen molar-refractivity contribution in [3.8, 4) is 0 Å². The quantitative estimate of drug-likeness (QED) is 0.853. The highest BCUT2D eigenvalue weighted by atomic mass is 32.2. The minimum Gasteiger partial charge on any atom is -0.437 e. The van der Waals surface area contributed by atoms with E-state index in [2.05, 4.69) is 10.3 Å². The summed E-state index contributed by atoms with van der Waals surface area (Å²) in [6.45, 7) is 3.79. The standard InChI is InChI=1S/C13H20N2O2S/c1-9-10(2)17-13(14-9)18-8-12(16)15-11-6-4-3-5-7-11/h11H,3-8H2,1-2H3,(H,15,16). The van der Waals surface area contributed by atoms with E-state index in [-0.39, 0.29) is 5.91 Å². The van der Waals surface area contributed by atoms with Gasteiger partial charge >= 0.3 is 0 Å². The fourth-order valence-corrected chi connectivity index (χ4v) is 2.87. The monoisotopic (exact) mass is 268 g/mol. The molecule has 1 aromatic heterocycles. The first-order chi connectivity index (χ1) is 8.65. The maximum absolute atomic E-state index is 11.8. The van der Waals surface area contributed by atoms with Crippen molar-refractivity contribution in [1.29, 1.82) is 0 Å². The molecular weight excluding hydrogens is 248 g/mol. The molecule has 0 aromatic carbocycles. The summed E-state index contributed by atoms with van der Waals surface area (Å²) >= 11 is 1.36. The molecule has 1 N–H and O–H groups in total. The average Bonchev–Trinajstić information content (AvgIpc) is 2.68. The molecule has 1 heterocycles. The molecule has 0 saturated heterocycles. The van der Waals surface area contributed by atoms with Gasteiger partial charge in [-0.15, -0.1) is 0 Å². The normalized spacial score (nSPS) is 16.8. The summed E-state index contributed by atoms with van der Waals surface area (Å²) in [5, 5.41) is 3.67. The van der Waals surface area contributed by atoms with Crippen molar-refractivity contribution in [1.82, 2.24) is 10.3 Å². The number of oxazole rings is 1. The molecule has 0 radical (unpaired) electrons. The van der Waals surface area contributed by atoms with Crippen LogP contribution in [0.15, 0.2) is 9.64 Å². The summed E-state index contributed by atoms with van der Waals surface area (Å²) in [4.78, 5) is 16.0. The third-order valence-electron chi connectivity index (χ3n) is 3.31. The van der Waals surface area contributed by atoms with Crippen molar-refractivity contribution < 1.29 is 9.21 Å². The average molecular weight is 268 g/mol. The molecule has 100 valence electrons. The Morgan fingerprint density at radius 1 is 1.39 bits per heavy atom. The van der Waals surface area contributed by atoms with E-state index in [0.29, 0.717) is 17.0 Å². The summed E-state index contributed by atoms with van der Waals surface area (Å²) in [5.41, 5.74) is 0.894. The lowest BCUT2D eigenvalue weighted by molar-refractivity contribution is -0.119. The number of nitrogens with zero attached hydrogens (tertiary/aromatic N) is 1. The van der Waals surface area contributed by atoms with Crippen molar-refractivity contribution in [2.45, 2.75) is 57.2 Å². The minimum absolute atomic E-state index is 0.0837. The molecule has 1 saturated carbocycles. The van der Waals surface area contributed by atoms with Gasteiger partial charge in [-0.2, -0.15) is 0 Å². The van der Waals surface area contributed by atoms with E-state index in [4.69, 9.17) is 4.42 Å². The summed E-state index contributed by atoms with van der Waals surface area (Å²) in [6.07, 6.45) is 6.00. The molecule has 1 fully saturated rings. The number of nitrogens with one attached hydrogen (secondary N) is 1. The van der Waals surface area contributed by atoms with E-state index in [1.165, 1.54) is 31.0 Å². The number of amides is 1. The Morgan fingerprint density at radius 3 is 2.72 bits per heavy atom. The molecule has 0 unspecified atom stereocenters. The van der Waals surface area contributed by atoms with E-state index >= 15 is 0 Å². The molecule has 0 atom stereocenters.